The Balaban J connectivity index is 1.75. The smallest absolute Gasteiger partial charge is 0.282 e. The van der Waals surface area contributed by atoms with Crippen molar-refractivity contribution in [2.45, 2.75) is 18.4 Å². The lowest BCUT2D eigenvalue weighted by molar-refractivity contribution is -0.385. The Hall–Kier alpha value is -3.13. The molecule has 0 radical (unpaired) electrons. The summed E-state index contributed by atoms with van der Waals surface area (Å²) in [6.45, 7) is 2.00. The molecule has 0 bridgehead atoms. The Bertz CT molecular complexity index is 1040. The minimum absolute atomic E-state index is 0.0264. The summed E-state index contributed by atoms with van der Waals surface area (Å²) in [4.78, 5) is 23.5. The standard InChI is InChI=1S/C19H16N4O3S/c1-12-6-8-13(9-7-12)22-18(15-10-27-11-16(15)21-22)20-19(24)14-4-2-3-5-17(14)23(25)26/h2-9H,10-11H2,1H3,(H,20,24). The highest BCUT2D eigenvalue weighted by atomic mass is 32.2. The van der Waals surface area contributed by atoms with Gasteiger partial charge in [-0.05, 0) is 25.1 Å². The van der Waals surface area contributed by atoms with Crippen molar-refractivity contribution in [3.8, 4) is 5.69 Å². The highest BCUT2D eigenvalue weighted by Gasteiger charge is 2.27. The first-order valence-corrected chi connectivity index (χ1v) is 9.50. The molecule has 0 fully saturated rings. The van der Waals surface area contributed by atoms with E-state index in [1.54, 1.807) is 28.6 Å². The van der Waals surface area contributed by atoms with Crippen LogP contribution < -0.4 is 5.32 Å². The van der Waals surface area contributed by atoms with Crippen LogP contribution in [0.2, 0.25) is 0 Å². The number of benzene rings is 2. The number of hydrogen-bond donors (Lipinski definition) is 1. The summed E-state index contributed by atoms with van der Waals surface area (Å²) in [6.07, 6.45) is 0. The van der Waals surface area contributed by atoms with Crippen LogP contribution in [0.1, 0.15) is 27.2 Å². The van der Waals surface area contributed by atoms with Gasteiger partial charge in [0.1, 0.15) is 11.4 Å². The largest absolute Gasteiger partial charge is 0.306 e. The number of nitrogens with zero attached hydrogens (tertiary/aromatic N) is 3. The van der Waals surface area contributed by atoms with Crippen LogP contribution in [0.3, 0.4) is 0 Å². The molecule has 7 nitrogen and oxygen atoms in total. The van der Waals surface area contributed by atoms with Gasteiger partial charge in [-0.3, -0.25) is 14.9 Å². The van der Waals surface area contributed by atoms with Gasteiger partial charge >= 0.3 is 0 Å². The third-order valence-corrected chi connectivity index (χ3v) is 5.38. The quantitative estimate of drug-likeness (QED) is 0.544. The molecule has 0 saturated heterocycles. The number of anilines is 1. The summed E-state index contributed by atoms with van der Waals surface area (Å²) in [6, 6.07) is 13.8. The number of thioether (sulfide) groups is 1. The summed E-state index contributed by atoms with van der Waals surface area (Å²) >= 11 is 1.73. The second kappa shape index (κ2) is 6.88. The minimum atomic E-state index is -0.549. The Kier molecular flexibility index (Phi) is 4.41. The van der Waals surface area contributed by atoms with E-state index < -0.39 is 10.8 Å². The van der Waals surface area contributed by atoms with Gasteiger partial charge in [-0.1, -0.05) is 29.8 Å². The topological polar surface area (TPSA) is 90.1 Å². The third kappa shape index (κ3) is 3.19. The number of fused-ring (bicyclic) bond motifs is 1. The van der Waals surface area contributed by atoms with Crippen molar-refractivity contribution >= 4 is 29.2 Å². The highest BCUT2D eigenvalue weighted by molar-refractivity contribution is 7.98. The third-order valence-electron chi connectivity index (χ3n) is 4.41. The molecular weight excluding hydrogens is 364 g/mol. The fraction of sp³-hybridized carbons (Fsp3) is 0.158. The molecule has 3 aromatic rings. The fourth-order valence-electron chi connectivity index (χ4n) is 3.01. The highest BCUT2D eigenvalue weighted by Crippen LogP contribution is 2.36. The Morgan fingerprint density at radius 3 is 2.67 bits per heavy atom. The molecule has 2 aromatic carbocycles. The molecule has 1 N–H and O–H groups in total. The Morgan fingerprint density at radius 2 is 1.93 bits per heavy atom. The van der Waals surface area contributed by atoms with Gasteiger partial charge in [0.15, 0.2) is 0 Å². The molecule has 27 heavy (non-hydrogen) atoms. The number of para-hydroxylation sites is 1. The average Bonchev–Trinajstić information content (AvgIpc) is 3.25. The van der Waals surface area contributed by atoms with E-state index in [2.05, 4.69) is 10.4 Å². The number of nitrogens with one attached hydrogen (secondary N) is 1. The molecule has 4 rings (SSSR count). The lowest BCUT2D eigenvalue weighted by Crippen LogP contribution is -2.17. The Morgan fingerprint density at radius 1 is 1.19 bits per heavy atom. The second-order valence-electron chi connectivity index (χ2n) is 6.24. The Labute approximate surface area is 159 Å². The van der Waals surface area contributed by atoms with E-state index in [9.17, 15) is 14.9 Å². The minimum Gasteiger partial charge on any atom is -0.306 e. The van der Waals surface area contributed by atoms with Gasteiger partial charge < -0.3 is 5.32 Å². The lowest BCUT2D eigenvalue weighted by Gasteiger charge is -2.11. The van der Waals surface area contributed by atoms with Crippen LogP contribution in [0.4, 0.5) is 11.5 Å². The van der Waals surface area contributed by atoms with E-state index in [4.69, 9.17) is 0 Å². The number of rotatable bonds is 4. The molecule has 0 atom stereocenters. The SMILES string of the molecule is Cc1ccc(-n2nc3c(c2NC(=O)c2ccccc2[N+](=O)[O-])CSC3)cc1. The van der Waals surface area contributed by atoms with Crippen LogP contribution in [0.5, 0.6) is 0 Å². The van der Waals surface area contributed by atoms with E-state index in [0.29, 0.717) is 5.82 Å². The van der Waals surface area contributed by atoms with Crippen LogP contribution in [0.15, 0.2) is 48.5 Å². The number of hydrogen-bond acceptors (Lipinski definition) is 5. The van der Waals surface area contributed by atoms with Crippen LogP contribution >= 0.6 is 11.8 Å². The van der Waals surface area contributed by atoms with Crippen LogP contribution in [-0.4, -0.2) is 20.6 Å². The summed E-state index contributed by atoms with van der Waals surface area (Å²) in [5, 5.41) is 18.7. The van der Waals surface area contributed by atoms with Crippen molar-refractivity contribution in [2.75, 3.05) is 5.32 Å². The van der Waals surface area contributed by atoms with E-state index in [1.165, 1.54) is 12.1 Å². The molecule has 1 aromatic heterocycles. The molecule has 0 unspecified atom stereocenters. The zero-order valence-electron chi connectivity index (χ0n) is 14.5. The molecule has 136 valence electrons. The van der Waals surface area contributed by atoms with Crippen molar-refractivity contribution in [1.82, 2.24) is 9.78 Å². The first kappa shape index (κ1) is 17.3. The second-order valence-corrected chi connectivity index (χ2v) is 7.23. The van der Waals surface area contributed by atoms with E-state index in [-0.39, 0.29) is 11.3 Å². The molecule has 2 heterocycles. The number of nitro groups is 1. The van der Waals surface area contributed by atoms with Crippen LogP contribution in [0.25, 0.3) is 5.69 Å². The molecule has 8 heteroatoms. The summed E-state index contributed by atoms with van der Waals surface area (Å²) in [5.74, 6) is 1.58. The normalized spacial score (nSPS) is 12.6. The van der Waals surface area contributed by atoms with Gasteiger partial charge in [0.2, 0.25) is 0 Å². The van der Waals surface area contributed by atoms with Gasteiger partial charge in [-0.2, -0.15) is 16.9 Å². The zero-order chi connectivity index (χ0) is 19.0. The molecule has 0 aliphatic carbocycles. The molecule has 1 aliphatic heterocycles. The van der Waals surface area contributed by atoms with Crippen molar-refractivity contribution in [2.24, 2.45) is 0 Å². The van der Waals surface area contributed by atoms with Gasteiger partial charge in [0.25, 0.3) is 11.6 Å². The first-order valence-electron chi connectivity index (χ1n) is 8.35. The van der Waals surface area contributed by atoms with Gasteiger partial charge in [-0.15, -0.1) is 0 Å². The lowest BCUT2D eigenvalue weighted by atomic mass is 10.1. The monoisotopic (exact) mass is 380 g/mol. The maximum Gasteiger partial charge on any atom is 0.282 e. The summed E-state index contributed by atoms with van der Waals surface area (Å²) in [5.41, 5.74) is 3.66. The molecular formula is C19H16N4O3S. The molecule has 1 amide bonds. The van der Waals surface area contributed by atoms with E-state index in [1.807, 2.05) is 31.2 Å². The van der Waals surface area contributed by atoms with Gasteiger partial charge in [0.05, 0.1) is 16.3 Å². The average molecular weight is 380 g/mol. The van der Waals surface area contributed by atoms with Gasteiger partial charge in [0, 0.05) is 23.1 Å². The molecule has 0 saturated carbocycles. The zero-order valence-corrected chi connectivity index (χ0v) is 15.3. The number of aromatic nitrogens is 2. The van der Waals surface area contributed by atoms with Crippen molar-refractivity contribution in [3.05, 3.63) is 81.0 Å². The number of carbonyl (C=O) groups is 1. The summed E-state index contributed by atoms with van der Waals surface area (Å²) < 4.78 is 1.70. The number of carbonyl (C=O) groups excluding carboxylic acids is 1. The number of nitro benzene ring substituents is 1. The first-order chi connectivity index (χ1) is 13.0. The van der Waals surface area contributed by atoms with Crippen molar-refractivity contribution in [3.63, 3.8) is 0 Å². The maximum atomic E-state index is 12.8. The van der Waals surface area contributed by atoms with Crippen molar-refractivity contribution < 1.29 is 9.72 Å². The van der Waals surface area contributed by atoms with E-state index in [0.717, 1.165) is 34.0 Å². The predicted octanol–water partition coefficient (Wildman–Crippen LogP) is 4.09. The number of aryl methyl sites for hydroxylation is 1. The predicted molar refractivity (Wildman–Crippen MR) is 104 cm³/mol. The van der Waals surface area contributed by atoms with Crippen LogP contribution in [0, 0.1) is 17.0 Å². The number of amides is 1. The maximum absolute atomic E-state index is 12.8. The molecule has 1 aliphatic rings. The summed E-state index contributed by atoms with van der Waals surface area (Å²) in [7, 11) is 0. The van der Waals surface area contributed by atoms with Gasteiger partial charge in [-0.25, -0.2) is 4.68 Å². The fourth-order valence-corrected chi connectivity index (χ4v) is 4.05. The van der Waals surface area contributed by atoms with E-state index >= 15 is 0 Å². The molecule has 0 spiro atoms. The van der Waals surface area contributed by atoms with Crippen LogP contribution in [-0.2, 0) is 11.5 Å². The van der Waals surface area contributed by atoms with Crippen molar-refractivity contribution in [1.29, 1.82) is 0 Å².